The zero-order chi connectivity index (χ0) is 17.1. The molecule has 0 aliphatic rings. The van der Waals surface area contributed by atoms with Gasteiger partial charge in [-0.1, -0.05) is 86.1 Å². The van der Waals surface area contributed by atoms with E-state index >= 15 is 0 Å². The molecule has 0 aliphatic carbocycles. The molecule has 0 saturated heterocycles. The molecular formula is C25H24. The molecule has 0 heteroatoms. The molecule has 0 fully saturated rings. The first-order valence-corrected chi connectivity index (χ1v) is 9.32. The Morgan fingerprint density at radius 2 is 1.20 bits per heavy atom. The molecule has 124 valence electrons. The second-order valence-electron chi connectivity index (χ2n) is 6.89. The average Bonchev–Trinajstić information content (AvgIpc) is 2.67. The van der Waals surface area contributed by atoms with E-state index in [1.807, 2.05) is 0 Å². The van der Waals surface area contributed by atoms with Gasteiger partial charge in [0.15, 0.2) is 0 Å². The number of unbranched alkanes of at least 4 members (excludes halogenated alkanes) is 1. The quantitative estimate of drug-likeness (QED) is 0.349. The molecular weight excluding hydrogens is 300 g/mol. The molecule has 0 radical (unpaired) electrons. The Balaban J connectivity index is 1.76. The summed E-state index contributed by atoms with van der Waals surface area (Å²) >= 11 is 0. The van der Waals surface area contributed by atoms with E-state index in [0.29, 0.717) is 0 Å². The van der Waals surface area contributed by atoms with Gasteiger partial charge in [-0.2, -0.15) is 0 Å². The highest BCUT2D eigenvalue weighted by molar-refractivity contribution is 6.02. The minimum absolute atomic E-state index is 0.982. The summed E-state index contributed by atoms with van der Waals surface area (Å²) in [4.78, 5) is 0. The first kappa shape index (κ1) is 15.9. The van der Waals surface area contributed by atoms with E-state index in [4.69, 9.17) is 0 Å². The van der Waals surface area contributed by atoms with Gasteiger partial charge in [-0.3, -0.25) is 0 Å². The van der Waals surface area contributed by atoms with Crippen LogP contribution in [0.15, 0.2) is 78.9 Å². The molecule has 0 heterocycles. The fourth-order valence-electron chi connectivity index (χ4n) is 3.71. The van der Waals surface area contributed by atoms with E-state index in [1.54, 1.807) is 0 Å². The highest BCUT2D eigenvalue weighted by Crippen LogP contribution is 2.30. The Morgan fingerprint density at radius 1 is 0.640 bits per heavy atom. The predicted molar refractivity (Wildman–Crippen MR) is 109 cm³/mol. The van der Waals surface area contributed by atoms with Gasteiger partial charge in [0, 0.05) is 0 Å². The van der Waals surface area contributed by atoms with Crippen LogP contribution in [0.4, 0.5) is 0 Å². The van der Waals surface area contributed by atoms with Crippen LogP contribution in [0.25, 0.3) is 21.5 Å². The Labute approximate surface area is 150 Å². The molecule has 0 N–H and O–H groups in total. The minimum atomic E-state index is 0.982. The molecule has 4 rings (SSSR count). The van der Waals surface area contributed by atoms with Gasteiger partial charge in [0.05, 0.1) is 0 Å². The van der Waals surface area contributed by atoms with Gasteiger partial charge in [0.25, 0.3) is 0 Å². The lowest BCUT2D eigenvalue weighted by molar-refractivity contribution is 0.795. The molecule has 0 amide bonds. The van der Waals surface area contributed by atoms with Crippen molar-refractivity contribution >= 4 is 21.5 Å². The number of benzene rings is 4. The maximum absolute atomic E-state index is 2.31. The summed E-state index contributed by atoms with van der Waals surface area (Å²) in [5, 5.41) is 5.40. The Bertz CT molecular complexity index is 939. The molecule has 0 saturated carbocycles. The van der Waals surface area contributed by atoms with Crippen LogP contribution >= 0.6 is 0 Å². The van der Waals surface area contributed by atoms with Crippen LogP contribution in [0.2, 0.25) is 0 Å². The molecule has 0 bridgehead atoms. The molecule has 0 spiro atoms. The summed E-state index contributed by atoms with van der Waals surface area (Å²) in [7, 11) is 0. The van der Waals surface area contributed by atoms with Crippen LogP contribution in [-0.4, -0.2) is 0 Å². The van der Waals surface area contributed by atoms with Crippen LogP contribution in [0, 0.1) is 0 Å². The van der Waals surface area contributed by atoms with Gasteiger partial charge in [-0.25, -0.2) is 0 Å². The second-order valence-corrected chi connectivity index (χ2v) is 6.89. The van der Waals surface area contributed by atoms with E-state index in [0.717, 1.165) is 6.42 Å². The maximum atomic E-state index is 2.31. The van der Waals surface area contributed by atoms with Crippen LogP contribution in [-0.2, 0) is 12.8 Å². The Morgan fingerprint density at radius 3 is 1.80 bits per heavy atom. The van der Waals surface area contributed by atoms with Crippen LogP contribution < -0.4 is 0 Å². The van der Waals surface area contributed by atoms with E-state index < -0.39 is 0 Å². The second kappa shape index (κ2) is 7.11. The van der Waals surface area contributed by atoms with Gasteiger partial charge in [-0.15, -0.1) is 0 Å². The zero-order valence-corrected chi connectivity index (χ0v) is 14.8. The third kappa shape index (κ3) is 3.30. The Hall–Kier alpha value is -2.60. The summed E-state index contributed by atoms with van der Waals surface area (Å²) in [6, 6.07) is 29.0. The van der Waals surface area contributed by atoms with E-state index in [1.165, 1.54) is 57.5 Å². The van der Waals surface area contributed by atoms with Gasteiger partial charge in [0.2, 0.25) is 0 Å². The zero-order valence-electron chi connectivity index (χ0n) is 14.8. The molecule has 0 aromatic heterocycles. The SMILES string of the molecule is CCCCc1ccc(Cc2c3ccccc3cc3ccccc23)cc1. The first-order chi connectivity index (χ1) is 12.3. The van der Waals surface area contributed by atoms with Crippen molar-refractivity contribution in [2.45, 2.75) is 32.6 Å². The Kier molecular flexibility index (Phi) is 4.52. The van der Waals surface area contributed by atoms with E-state index in [2.05, 4.69) is 85.8 Å². The van der Waals surface area contributed by atoms with Gasteiger partial charge >= 0.3 is 0 Å². The monoisotopic (exact) mass is 324 g/mol. The van der Waals surface area contributed by atoms with Crippen molar-refractivity contribution in [2.24, 2.45) is 0 Å². The summed E-state index contributed by atoms with van der Waals surface area (Å²) in [6.45, 7) is 2.25. The van der Waals surface area contributed by atoms with E-state index in [-0.39, 0.29) is 0 Å². The van der Waals surface area contributed by atoms with E-state index in [9.17, 15) is 0 Å². The number of fused-ring (bicyclic) bond motifs is 2. The summed E-state index contributed by atoms with van der Waals surface area (Å²) in [5.41, 5.74) is 4.28. The lowest BCUT2D eigenvalue weighted by atomic mass is 9.92. The van der Waals surface area contributed by atoms with Gasteiger partial charge < -0.3 is 0 Å². The van der Waals surface area contributed by atoms with Crippen molar-refractivity contribution < 1.29 is 0 Å². The van der Waals surface area contributed by atoms with Crippen molar-refractivity contribution in [3.8, 4) is 0 Å². The highest BCUT2D eigenvalue weighted by atomic mass is 14.1. The van der Waals surface area contributed by atoms with Crippen molar-refractivity contribution in [3.63, 3.8) is 0 Å². The fraction of sp³-hybridized carbons (Fsp3) is 0.200. The van der Waals surface area contributed by atoms with Gasteiger partial charge in [0.1, 0.15) is 0 Å². The van der Waals surface area contributed by atoms with Crippen LogP contribution in [0.1, 0.15) is 36.5 Å². The third-order valence-electron chi connectivity index (χ3n) is 5.11. The topological polar surface area (TPSA) is 0 Å². The van der Waals surface area contributed by atoms with Crippen LogP contribution in [0.5, 0.6) is 0 Å². The number of rotatable bonds is 5. The number of aryl methyl sites for hydroxylation is 1. The molecule has 4 aromatic rings. The first-order valence-electron chi connectivity index (χ1n) is 9.32. The minimum Gasteiger partial charge on any atom is -0.0654 e. The highest BCUT2D eigenvalue weighted by Gasteiger charge is 2.08. The number of hydrogen-bond acceptors (Lipinski definition) is 0. The average molecular weight is 324 g/mol. The largest absolute Gasteiger partial charge is 0.0654 e. The van der Waals surface area contributed by atoms with Crippen molar-refractivity contribution in [1.82, 2.24) is 0 Å². The summed E-state index contributed by atoms with van der Waals surface area (Å²) < 4.78 is 0. The summed E-state index contributed by atoms with van der Waals surface area (Å²) in [5.74, 6) is 0. The number of hydrogen-bond donors (Lipinski definition) is 0. The molecule has 0 atom stereocenters. The predicted octanol–water partition coefficient (Wildman–Crippen LogP) is 6.93. The van der Waals surface area contributed by atoms with Crippen LogP contribution in [0.3, 0.4) is 0 Å². The standard InChI is InChI=1S/C25H24/c1-2-3-8-19-13-15-20(16-14-19)17-25-23-11-6-4-9-21(23)18-22-10-5-7-12-24(22)25/h4-7,9-16,18H,2-3,8,17H2,1H3. The molecule has 0 aliphatic heterocycles. The lowest BCUT2D eigenvalue weighted by Crippen LogP contribution is -1.93. The van der Waals surface area contributed by atoms with Crippen molar-refractivity contribution in [3.05, 3.63) is 95.6 Å². The smallest absolute Gasteiger partial charge is 0.00134 e. The fourth-order valence-corrected chi connectivity index (χ4v) is 3.71. The van der Waals surface area contributed by atoms with Crippen molar-refractivity contribution in [2.75, 3.05) is 0 Å². The molecule has 4 aromatic carbocycles. The van der Waals surface area contributed by atoms with Gasteiger partial charge in [-0.05, 0) is 63.6 Å². The maximum Gasteiger partial charge on any atom is -0.00134 e. The summed E-state index contributed by atoms with van der Waals surface area (Å²) in [6.07, 6.45) is 4.70. The van der Waals surface area contributed by atoms with Crippen molar-refractivity contribution in [1.29, 1.82) is 0 Å². The normalized spacial score (nSPS) is 11.2. The third-order valence-corrected chi connectivity index (χ3v) is 5.11. The lowest BCUT2D eigenvalue weighted by Gasteiger charge is -2.12. The molecule has 0 unspecified atom stereocenters. The molecule has 25 heavy (non-hydrogen) atoms. The molecule has 0 nitrogen and oxygen atoms in total.